The van der Waals surface area contributed by atoms with E-state index in [1.165, 1.54) is 7.11 Å². The smallest absolute Gasteiger partial charge is 0.157 e. The first-order chi connectivity index (χ1) is 8.35. The van der Waals surface area contributed by atoms with Gasteiger partial charge in [0, 0.05) is 0 Å². The van der Waals surface area contributed by atoms with Gasteiger partial charge >= 0.3 is 0 Å². The van der Waals surface area contributed by atoms with E-state index < -0.39 is 0 Å². The zero-order valence-electron chi connectivity index (χ0n) is 9.42. The topological polar surface area (TPSA) is 35.5 Å². The maximum absolute atomic E-state index is 11.0. The van der Waals surface area contributed by atoms with Crippen LogP contribution in [-0.4, -0.2) is 13.4 Å². The molecular weight excluding hydrogens is 216 g/mol. The van der Waals surface area contributed by atoms with Gasteiger partial charge in [0.05, 0.1) is 12.7 Å². The monoisotopic (exact) mass is 228 g/mol. The number of carbonyl (C=O) groups is 1. The molecule has 2 aromatic rings. The number of ether oxygens (including phenoxy) is 2. The predicted molar refractivity (Wildman–Crippen MR) is 64.9 cm³/mol. The van der Waals surface area contributed by atoms with Crippen LogP contribution in [0.3, 0.4) is 0 Å². The molecule has 2 aromatic carbocycles. The number of benzene rings is 2. The van der Waals surface area contributed by atoms with Gasteiger partial charge in [0.25, 0.3) is 0 Å². The van der Waals surface area contributed by atoms with Crippen molar-refractivity contribution in [1.82, 2.24) is 0 Å². The number of aldehydes is 1. The fraction of sp³-hybridized carbons (Fsp3) is 0.0714. The Morgan fingerprint density at radius 1 is 0.941 bits per heavy atom. The summed E-state index contributed by atoms with van der Waals surface area (Å²) in [6.07, 6.45) is 0.733. The van der Waals surface area contributed by atoms with Crippen molar-refractivity contribution in [3.8, 4) is 17.2 Å². The van der Waals surface area contributed by atoms with Crippen LogP contribution in [0, 0.1) is 0 Å². The van der Waals surface area contributed by atoms with Crippen molar-refractivity contribution in [2.24, 2.45) is 0 Å². The molecule has 0 aliphatic heterocycles. The number of rotatable bonds is 4. The Morgan fingerprint density at radius 2 is 1.65 bits per heavy atom. The molecule has 17 heavy (non-hydrogen) atoms. The molecule has 0 spiro atoms. The Hall–Kier alpha value is -2.29. The molecule has 0 saturated heterocycles. The molecule has 0 amide bonds. The van der Waals surface area contributed by atoms with E-state index in [0.717, 1.165) is 6.29 Å². The zero-order valence-corrected chi connectivity index (χ0v) is 9.42. The average Bonchev–Trinajstić information content (AvgIpc) is 2.39. The van der Waals surface area contributed by atoms with Crippen molar-refractivity contribution in [2.75, 3.05) is 7.11 Å². The zero-order chi connectivity index (χ0) is 12.1. The Balaban J connectivity index is 2.36. The SMILES string of the molecule is COc1cccc(Oc2ccccc2)c1C=O. The molecule has 0 atom stereocenters. The fourth-order valence-electron chi connectivity index (χ4n) is 1.52. The molecule has 3 nitrogen and oxygen atoms in total. The molecule has 86 valence electrons. The minimum Gasteiger partial charge on any atom is -0.496 e. The molecule has 0 aliphatic rings. The highest BCUT2D eigenvalue weighted by molar-refractivity contribution is 5.83. The van der Waals surface area contributed by atoms with E-state index in [1.807, 2.05) is 30.3 Å². The Bertz CT molecular complexity index is 506. The average molecular weight is 228 g/mol. The Labute approximate surface area is 99.6 Å². The first-order valence-corrected chi connectivity index (χ1v) is 5.20. The molecule has 0 heterocycles. The van der Waals surface area contributed by atoms with Crippen LogP contribution in [-0.2, 0) is 0 Å². The second-order valence-electron chi connectivity index (χ2n) is 3.41. The van der Waals surface area contributed by atoms with Crippen molar-refractivity contribution in [3.63, 3.8) is 0 Å². The van der Waals surface area contributed by atoms with E-state index >= 15 is 0 Å². The van der Waals surface area contributed by atoms with Gasteiger partial charge < -0.3 is 9.47 Å². The van der Waals surface area contributed by atoms with Crippen molar-refractivity contribution >= 4 is 6.29 Å². The quantitative estimate of drug-likeness (QED) is 0.753. The molecular formula is C14H12O3. The van der Waals surface area contributed by atoms with Gasteiger partial charge in [-0.25, -0.2) is 0 Å². The summed E-state index contributed by atoms with van der Waals surface area (Å²) in [4.78, 5) is 11.0. The summed E-state index contributed by atoms with van der Waals surface area (Å²) in [5.74, 6) is 1.68. The third-order valence-electron chi connectivity index (χ3n) is 2.33. The number of methoxy groups -OCH3 is 1. The van der Waals surface area contributed by atoms with Crippen molar-refractivity contribution in [1.29, 1.82) is 0 Å². The van der Waals surface area contributed by atoms with Crippen LogP contribution < -0.4 is 9.47 Å². The van der Waals surface area contributed by atoms with Crippen molar-refractivity contribution < 1.29 is 14.3 Å². The van der Waals surface area contributed by atoms with Crippen molar-refractivity contribution in [2.45, 2.75) is 0 Å². The summed E-state index contributed by atoms with van der Waals surface area (Å²) in [5.41, 5.74) is 0.416. The van der Waals surface area contributed by atoms with Crippen molar-refractivity contribution in [3.05, 3.63) is 54.1 Å². The van der Waals surface area contributed by atoms with Gasteiger partial charge in [0.15, 0.2) is 6.29 Å². The largest absolute Gasteiger partial charge is 0.496 e. The van der Waals surface area contributed by atoms with Gasteiger partial charge in [-0.1, -0.05) is 24.3 Å². The summed E-state index contributed by atoms with van der Waals surface area (Å²) in [7, 11) is 1.52. The molecule has 0 aromatic heterocycles. The standard InChI is InChI=1S/C14H12O3/c1-16-13-8-5-9-14(12(13)10-15)17-11-6-3-2-4-7-11/h2-10H,1H3. The number of hydrogen-bond acceptors (Lipinski definition) is 3. The minimum absolute atomic E-state index is 0.416. The normalized spacial score (nSPS) is 9.71. The summed E-state index contributed by atoms with van der Waals surface area (Å²) >= 11 is 0. The third kappa shape index (κ3) is 2.45. The van der Waals surface area contributed by atoms with E-state index in [-0.39, 0.29) is 0 Å². The lowest BCUT2D eigenvalue weighted by atomic mass is 10.2. The molecule has 0 N–H and O–H groups in total. The van der Waals surface area contributed by atoms with Gasteiger partial charge in [-0.3, -0.25) is 4.79 Å². The fourth-order valence-corrected chi connectivity index (χ4v) is 1.52. The van der Waals surface area contributed by atoms with Crippen LogP contribution in [0.25, 0.3) is 0 Å². The van der Waals surface area contributed by atoms with E-state index in [0.29, 0.717) is 22.8 Å². The van der Waals surface area contributed by atoms with E-state index in [4.69, 9.17) is 9.47 Å². The highest BCUT2D eigenvalue weighted by Crippen LogP contribution is 2.30. The summed E-state index contributed by atoms with van der Waals surface area (Å²) < 4.78 is 10.7. The van der Waals surface area contributed by atoms with E-state index in [9.17, 15) is 4.79 Å². The van der Waals surface area contributed by atoms with E-state index in [2.05, 4.69) is 0 Å². The maximum atomic E-state index is 11.0. The minimum atomic E-state index is 0.416. The van der Waals surface area contributed by atoms with Gasteiger partial charge in [-0.05, 0) is 24.3 Å². The number of hydrogen-bond donors (Lipinski definition) is 0. The third-order valence-corrected chi connectivity index (χ3v) is 2.33. The number of carbonyl (C=O) groups excluding carboxylic acids is 1. The molecule has 0 radical (unpaired) electrons. The summed E-state index contributed by atoms with van der Waals surface area (Å²) in [6, 6.07) is 14.5. The molecule has 3 heteroatoms. The van der Waals surface area contributed by atoms with Crippen LogP contribution in [0.15, 0.2) is 48.5 Å². The lowest BCUT2D eigenvalue weighted by molar-refractivity contribution is 0.111. The van der Waals surface area contributed by atoms with E-state index in [1.54, 1.807) is 18.2 Å². The van der Waals surface area contributed by atoms with Crippen LogP contribution in [0.5, 0.6) is 17.2 Å². The van der Waals surface area contributed by atoms with Crippen LogP contribution in [0.1, 0.15) is 10.4 Å². The lowest BCUT2D eigenvalue weighted by Gasteiger charge is -2.10. The molecule has 0 fully saturated rings. The molecule has 2 rings (SSSR count). The first-order valence-electron chi connectivity index (χ1n) is 5.20. The van der Waals surface area contributed by atoms with Gasteiger partial charge in [-0.2, -0.15) is 0 Å². The van der Waals surface area contributed by atoms with Gasteiger partial charge in [0.2, 0.25) is 0 Å². The highest BCUT2D eigenvalue weighted by atomic mass is 16.5. The Morgan fingerprint density at radius 3 is 2.29 bits per heavy atom. The molecule has 0 unspecified atom stereocenters. The highest BCUT2D eigenvalue weighted by Gasteiger charge is 2.09. The predicted octanol–water partition coefficient (Wildman–Crippen LogP) is 3.30. The van der Waals surface area contributed by atoms with Crippen LogP contribution in [0.2, 0.25) is 0 Å². The Kier molecular flexibility index (Phi) is 3.40. The van der Waals surface area contributed by atoms with Gasteiger partial charge in [0.1, 0.15) is 17.2 Å². The lowest BCUT2D eigenvalue weighted by Crippen LogP contribution is -1.94. The second-order valence-corrected chi connectivity index (χ2v) is 3.41. The van der Waals surface area contributed by atoms with Crippen LogP contribution in [0.4, 0.5) is 0 Å². The molecule has 0 saturated carbocycles. The maximum Gasteiger partial charge on any atom is 0.157 e. The summed E-state index contributed by atoms with van der Waals surface area (Å²) in [6.45, 7) is 0. The van der Waals surface area contributed by atoms with Gasteiger partial charge in [-0.15, -0.1) is 0 Å². The number of para-hydroxylation sites is 1. The molecule has 0 aliphatic carbocycles. The first kappa shape index (κ1) is 11.2. The molecule has 0 bridgehead atoms. The van der Waals surface area contributed by atoms with Crippen LogP contribution >= 0.6 is 0 Å². The second kappa shape index (κ2) is 5.16. The summed E-state index contributed by atoms with van der Waals surface area (Å²) in [5, 5.41) is 0.